The van der Waals surface area contributed by atoms with Gasteiger partial charge in [-0.2, -0.15) is 0 Å². The van der Waals surface area contributed by atoms with E-state index in [1.165, 1.54) is 0 Å². The van der Waals surface area contributed by atoms with Gasteiger partial charge < -0.3 is 16.0 Å². The minimum Gasteiger partial charge on any atom is -0.358 e. The Morgan fingerprint density at radius 2 is 1.88 bits per heavy atom. The number of nitrogens with two attached hydrogens (primary N) is 1. The maximum absolute atomic E-state index is 11.7. The van der Waals surface area contributed by atoms with Crippen molar-refractivity contribution in [3.63, 3.8) is 0 Å². The van der Waals surface area contributed by atoms with Crippen molar-refractivity contribution in [2.24, 2.45) is 5.73 Å². The Balaban J connectivity index is 2.30. The van der Waals surface area contributed by atoms with Crippen LogP contribution in [-0.4, -0.2) is 67.4 Å². The van der Waals surface area contributed by atoms with Gasteiger partial charge in [-0.1, -0.05) is 0 Å². The van der Waals surface area contributed by atoms with Crippen LogP contribution in [0.4, 0.5) is 0 Å². The lowest BCUT2D eigenvalue weighted by Crippen LogP contribution is -2.51. The third-order valence-corrected chi connectivity index (χ3v) is 2.87. The van der Waals surface area contributed by atoms with Gasteiger partial charge in [0, 0.05) is 45.7 Å². The maximum atomic E-state index is 11.7. The Bertz CT molecular complexity index is 273. The third kappa shape index (κ3) is 4.70. The number of nitrogens with one attached hydrogen (secondary N) is 1. The molecule has 1 aliphatic heterocycles. The molecule has 1 saturated heterocycles. The topological polar surface area (TPSA) is 78.7 Å². The van der Waals surface area contributed by atoms with E-state index in [1.807, 2.05) is 11.8 Å². The van der Waals surface area contributed by atoms with E-state index in [4.69, 9.17) is 5.73 Å². The van der Waals surface area contributed by atoms with E-state index < -0.39 is 0 Å². The molecule has 6 nitrogen and oxygen atoms in total. The summed E-state index contributed by atoms with van der Waals surface area (Å²) in [4.78, 5) is 26.8. The van der Waals surface area contributed by atoms with Crippen LogP contribution in [0.2, 0.25) is 0 Å². The summed E-state index contributed by atoms with van der Waals surface area (Å²) < 4.78 is 0. The first-order chi connectivity index (χ1) is 8.02. The summed E-state index contributed by atoms with van der Waals surface area (Å²) in [5.41, 5.74) is 5.60. The van der Waals surface area contributed by atoms with Crippen molar-refractivity contribution in [1.82, 2.24) is 15.1 Å². The predicted octanol–water partition coefficient (Wildman–Crippen LogP) is -1.39. The van der Waals surface area contributed by atoms with Gasteiger partial charge in [0.05, 0.1) is 6.54 Å². The molecule has 1 fully saturated rings. The molecule has 1 heterocycles. The van der Waals surface area contributed by atoms with E-state index in [0.717, 1.165) is 13.1 Å². The second-order valence-electron chi connectivity index (χ2n) is 4.51. The van der Waals surface area contributed by atoms with Gasteiger partial charge in [-0.15, -0.1) is 0 Å². The molecular weight excluding hydrogens is 220 g/mol. The van der Waals surface area contributed by atoms with Gasteiger partial charge in [0.25, 0.3) is 0 Å². The summed E-state index contributed by atoms with van der Waals surface area (Å²) in [6.07, 6.45) is 0.398. The number of hydrogen-bond acceptors (Lipinski definition) is 4. The number of carbonyl (C=O) groups is 2. The van der Waals surface area contributed by atoms with Crippen LogP contribution in [0.3, 0.4) is 0 Å². The van der Waals surface area contributed by atoms with Crippen molar-refractivity contribution in [3.8, 4) is 0 Å². The molecule has 1 unspecified atom stereocenters. The van der Waals surface area contributed by atoms with E-state index in [-0.39, 0.29) is 17.9 Å². The molecule has 3 N–H and O–H groups in total. The highest BCUT2D eigenvalue weighted by atomic mass is 16.2. The Kier molecular flexibility index (Phi) is 5.37. The zero-order chi connectivity index (χ0) is 12.8. The first kappa shape index (κ1) is 13.9. The molecule has 1 rings (SSSR count). The minimum absolute atomic E-state index is 0.0142. The molecule has 0 bridgehead atoms. The highest BCUT2D eigenvalue weighted by Gasteiger charge is 2.22. The van der Waals surface area contributed by atoms with Gasteiger partial charge in [-0.3, -0.25) is 14.5 Å². The molecule has 17 heavy (non-hydrogen) atoms. The molecular formula is C11H22N4O2. The standard InChI is InChI=1S/C11H22N4O2/c1-9(12)7-11(17)15-5-3-14(4-6-15)8-10(16)13-2/h9H,3-8,12H2,1-2H3,(H,13,16). The van der Waals surface area contributed by atoms with Gasteiger partial charge in [0.2, 0.25) is 11.8 Å². The summed E-state index contributed by atoms with van der Waals surface area (Å²) in [6.45, 7) is 5.10. The van der Waals surface area contributed by atoms with Crippen molar-refractivity contribution in [2.45, 2.75) is 19.4 Å². The summed E-state index contributed by atoms with van der Waals surface area (Å²) in [6, 6.07) is -0.0913. The van der Waals surface area contributed by atoms with Crippen molar-refractivity contribution in [3.05, 3.63) is 0 Å². The predicted molar refractivity (Wildman–Crippen MR) is 65.4 cm³/mol. The Morgan fingerprint density at radius 1 is 1.29 bits per heavy atom. The van der Waals surface area contributed by atoms with Crippen molar-refractivity contribution < 1.29 is 9.59 Å². The van der Waals surface area contributed by atoms with Crippen molar-refractivity contribution >= 4 is 11.8 Å². The SMILES string of the molecule is CNC(=O)CN1CCN(C(=O)CC(C)N)CC1. The summed E-state index contributed by atoms with van der Waals surface area (Å²) in [5, 5.41) is 2.59. The number of amides is 2. The monoisotopic (exact) mass is 242 g/mol. The summed E-state index contributed by atoms with van der Waals surface area (Å²) in [5.74, 6) is 0.125. The van der Waals surface area contributed by atoms with E-state index in [0.29, 0.717) is 26.1 Å². The lowest BCUT2D eigenvalue weighted by molar-refractivity contribution is -0.133. The molecule has 98 valence electrons. The molecule has 2 amide bonds. The molecule has 6 heteroatoms. The quantitative estimate of drug-likeness (QED) is 0.636. The van der Waals surface area contributed by atoms with Crippen molar-refractivity contribution in [1.29, 1.82) is 0 Å². The number of hydrogen-bond donors (Lipinski definition) is 2. The van der Waals surface area contributed by atoms with Gasteiger partial charge in [-0.25, -0.2) is 0 Å². The van der Waals surface area contributed by atoms with Crippen molar-refractivity contribution in [2.75, 3.05) is 39.8 Å². The number of likely N-dealkylation sites (N-methyl/N-ethyl adjacent to an activating group) is 1. The summed E-state index contributed by atoms with van der Waals surface area (Å²) >= 11 is 0. The molecule has 0 spiro atoms. The lowest BCUT2D eigenvalue weighted by atomic mass is 10.2. The minimum atomic E-state index is -0.0913. The van der Waals surface area contributed by atoms with E-state index in [9.17, 15) is 9.59 Å². The fourth-order valence-corrected chi connectivity index (χ4v) is 1.84. The van der Waals surface area contributed by atoms with Gasteiger partial charge in [0.1, 0.15) is 0 Å². The third-order valence-electron chi connectivity index (χ3n) is 2.87. The summed E-state index contributed by atoms with van der Waals surface area (Å²) in [7, 11) is 1.63. The first-order valence-electron chi connectivity index (χ1n) is 5.99. The zero-order valence-electron chi connectivity index (χ0n) is 10.6. The normalized spacial score (nSPS) is 18.9. The molecule has 0 saturated carbocycles. The average molecular weight is 242 g/mol. The van der Waals surface area contributed by atoms with Gasteiger partial charge in [0.15, 0.2) is 0 Å². The van der Waals surface area contributed by atoms with Gasteiger partial charge >= 0.3 is 0 Å². The highest BCUT2D eigenvalue weighted by Crippen LogP contribution is 2.04. The van der Waals surface area contributed by atoms with Crippen LogP contribution in [0.5, 0.6) is 0 Å². The maximum Gasteiger partial charge on any atom is 0.233 e. The number of carbonyl (C=O) groups excluding carboxylic acids is 2. The first-order valence-corrected chi connectivity index (χ1v) is 5.99. The van der Waals surface area contributed by atoms with Gasteiger partial charge in [-0.05, 0) is 6.92 Å². The van der Waals surface area contributed by atoms with Crippen LogP contribution < -0.4 is 11.1 Å². The largest absolute Gasteiger partial charge is 0.358 e. The van der Waals surface area contributed by atoms with Crippen LogP contribution >= 0.6 is 0 Å². The highest BCUT2D eigenvalue weighted by molar-refractivity contribution is 5.78. The fraction of sp³-hybridized carbons (Fsp3) is 0.818. The van der Waals surface area contributed by atoms with Crippen LogP contribution in [0.1, 0.15) is 13.3 Å². The Morgan fingerprint density at radius 3 is 2.35 bits per heavy atom. The number of rotatable bonds is 4. The van der Waals surface area contributed by atoms with E-state index in [1.54, 1.807) is 7.05 Å². The molecule has 0 aromatic rings. The molecule has 1 atom stereocenters. The zero-order valence-corrected chi connectivity index (χ0v) is 10.6. The number of nitrogens with zero attached hydrogens (tertiary/aromatic N) is 2. The van der Waals surface area contributed by atoms with E-state index >= 15 is 0 Å². The van der Waals surface area contributed by atoms with Crippen LogP contribution in [0, 0.1) is 0 Å². The molecule has 0 aromatic heterocycles. The molecule has 0 radical (unpaired) electrons. The Hall–Kier alpha value is -1.14. The second kappa shape index (κ2) is 6.56. The average Bonchev–Trinajstić information content (AvgIpc) is 2.28. The molecule has 1 aliphatic rings. The second-order valence-corrected chi connectivity index (χ2v) is 4.51. The van der Waals surface area contributed by atoms with E-state index in [2.05, 4.69) is 10.2 Å². The smallest absolute Gasteiger partial charge is 0.233 e. The molecule has 0 aromatic carbocycles. The fourth-order valence-electron chi connectivity index (χ4n) is 1.84. The van der Waals surface area contributed by atoms with Crippen LogP contribution in [-0.2, 0) is 9.59 Å². The Labute approximate surface area is 102 Å². The lowest BCUT2D eigenvalue weighted by Gasteiger charge is -2.34. The van der Waals surface area contributed by atoms with Crippen LogP contribution in [0.15, 0.2) is 0 Å². The van der Waals surface area contributed by atoms with Crippen LogP contribution in [0.25, 0.3) is 0 Å². The number of piperazine rings is 1. The molecule has 0 aliphatic carbocycles.